The van der Waals surface area contributed by atoms with Gasteiger partial charge in [-0.15, -0.1) is 0 Å². The topological polar surface area (TPSA) is 12.9 Å². The molecule has 0 amide bonds. The summed E-state index contributed by atoms with van der Waals surface area (Å²) in [5, 5.41) is 0. The van der Waals surface area contributed by atoms with E-state index in [0.717, 1.165) is 21.1 Å². The van der Waals surface area contributed by atoms with Crippen LogP contribution in [-0.4, -0.2) is 21.5 Å². The van der Waals surface area contributed by atoms with Gasteiger partial charge in [-0.05, 0) is 0 Å². The molecule has 0 aromatic carbocycles. The Kier molecular flexibility index (Phi) is 2.08. The van der Waals surface area contributed by atoms with Crippen molar-refractivity contribution >= 4 is 36.8 Å². The SMILES string of the molecule is [GeH3][c]1ccnc(Br)c1. The van der Waals surface area contributed by atoms with E-state index in [0.29, 0.717) is 0 Å². The van der Waals surface area contributed by atoms with Crippen molar-refractivity contribution in [3.63, 3.8) is 0 Å². The Morgan fingerprint density at radius 2 is 2.38 bits per heavy atom. The molecular formula is C5H6BrGeN. The molecule has 0 aliphatic carbocycles. The maximum absolute atomic E-state index is 3.99. The predicted octanol–water partition coefficient (Wildman–Crippen LogP) is -0.165. The molecule has 0 aliphatic heterocycles. The Morgan fingerprint density at radius 3 is 2.75 bits per heavy atom. The molecule has 1 heterocycles. The molecule has 0 atom stereocenters. The van der Waals surface area contributed by atoms with Crippen LogP contribution in [0.15, 0.2) is 22.9 Å². The van der Waals surface area contributed by atoms with Crippen molar-refractivity contribution in [2.24, 2.45) is 0 Å². The maximum atomic E-state index is 3.99. The molecule has 0 N–H and O–H groups in total. The van der Waals surface area contributed by atoms with E-state index in [1.165, 1.54) is 4.40 Å². The first-order chi connectivity index (χ1) is 3.79. The molecule has 0 saturated carbocycles. The Hall–Kier alpha value is 0.173. The molecule has 1 aromatic heterocycles. The number of aromatic nitrogens is 1. The Labute approximate surface area is 64.9 Å². The molecule has 42 valence electrons. The second-order valence-corrected chi connectivity index (χ2v) is 4.89. The van der Waals surface area contributed by atoms with Crippen molar-refractivity contribution in [3.8, 4) is 0 Å². The third-order valence-electron chi connectivity index (χ3n) is 0.882. The second-order valence-electron chi connectivity index (χ2n) is 1.66. The number of hydrogen-bond donors (Lipinski definition) is 0. The second kappa shape index (κ2) is 2.64. The average molecular weight is 233 g/mol. The number of halogens is 1. The summed E-state index contributed by atoms with van der Waals surface area (Å²) in [6.07, 6.45) is 1.82. The Balaban J connectivity index is 3.08. The monoisotopic (exact) mass is 233 g/mol. The predicted molar refractivity (Wildman–Crippen MR) is 41.5 cm³/mol. The van der Waals surface area contributed by atoms with Crippen LogP contribution >= 0.6 is 15.9 Å². The zero-order valence-electron chi connectivity index (χ0n) is 4.56. The van der Waals surface area contributed by atoms with Gasteiger partial charge in [0.15, 0.2) is 0 Å². The summed E-state index contributed by atoms with van der Waals surface area (Å²) in [5.41, 5.74) is 0. The van der Waals surface area contributed by atoms with Crippen molar-refractivity contribution in [2.75, 3.05) is 0 Å². The van der Waals surface area contributed by atoms with Gasteiger partial charge in [0.25, 0.3) is 0 Å². The molecular weight excluding hydrogens is 227 g/mol. The number of pyridine rings is 1. The molecule has 0 saturated heterocycles. The molecule has 0 aliphatic rings. The first kappa shape index (κ1) is 6.30. The van der Waals surface area contributed by atoms with Crippen molar-refractivity contribution in [1.82, 2.24) is 4.98 Å². The average Bonchev–Trinajstić information content (AvgIpc) is 1.64. The quantitative estimate of drug-likeness (QED) is 0.447. The number of nitrogens with zero attached hydrogens (tertiary/aromatic N) is 1. The van der Waals surface area contributed by atoms with Gasteiger partial charge in [-0.2, -0.15) is 0 Å². The van der Waals surface area contributed by atoms with Crippen LogP contribution in [-0.2, 0) is 0 Å². The Morgan fingerprint density at radius 1 is 1.62 bits per heavy atom. The van der Waals surface area contributed by atoms with E-state index in [9.17, 15) is 0 Å². The molecule has 1 nitrogen and oxygen atoms in total. The van der Waals surface area contributed by atoms with Gasteiger partial charge in [-0.1, -0.05) is 0 Å². The summed E-state index contributed by atoms with van der Waals surface area (Å²) in [6, 6.07) is 4.10. The van der Waals surface area contributed by atoms with E-state index >= 15 is 0 Å². The summed E-state index contributed by atoms with van der Waals surface area (Å²) >= 11 is 4.06. The molecule has 0 radical (unpaired) electrons. The number of rotatable bonds is 0. The van der Waals surface area contributed by atoms with Crippen LogP contribution in [0.25, 0.3) is 0 Å². The van der Waals surface area contributed by atoms with E-state index in [2.05, 4.69) is 27.0 Å². The fourth-order valence-electron chi connectivity index (χ4n) is 0.499. The van der Waals surface area contributed by atoms with Gasteiger partial charge in [0, 0.05) is 0 Å². The van der Waals surface area contributed by atoms with Crippen LogP contribution in [0.1, 0.15) is 0 Å². The van der Waals surface area contributed by atoms with Crippen LogP contribution in [0, 0.1) is 0 Å². The molecule has 1 aromatic rings. The summed E-state index contributed by atoms with van der Waals surface area (Å²) < 4.78 is 2.36. The van der Waals surface area contributed by atoms with Gasteiger partial charge >= 0.3 is 64.8 Å². The van der Waals surface area contributed by atoms with Gasteiger partial charge in [-0.3, -0.25) is 0 Å². The van der Waals surface area contributed by atoms with Gasteiger partial charge in [0.1, 0.15) is 0 Å². The minimum atomic E-state index is 0.776. The van der Waals surface area contributed by atoms with E-state index in [1.54, 1.807) is 0 Å². The van der Waals surface area contributed by atoms with Gasteiger partial charge in [0.05, 0.1) is 0 Å². The van der Waals surface area contributed by atoms with E-state index in [1.807, 2.05) is 12.3 Å². The summed E-state index contributed by atoms with van der Waals surface area (Å²) in [5.74, 6) is 0. The van der Waals surface area contributed by atoms with Crippen LogP contribution in [0.5, 0.6) is 0 Å². The first-order valence-electron chi connectivity index (χ1n) is 2.37. The molecule has 8 heavy (non-hydrogen) atoms. The molecule has 0 fully saturated rings. The van der Waals surface area contributed by atoms with Crippen molar-refractivity contribution in [3.05, 3.63) is 22.9 Å². The van der Waals surface area contributed by atoms with Gasteiger partial charge in [-0.25, -0.2) is 0 Å². The molecule has 0 unspecified atom stereocenters. The zero-order valence-corrected chi connectivity index (χ0v) is 10.3. The van der Waals surface area contributed by atoms with E-state index in [4.69, 9.17) is 0 Å². The molecule has 3 heteroatoms. The van der Waals surface area contributed by atoms with Crippen molar-refractivity contribution < 1.29 is 0 Å². The van der Waals surface area contributed by atoms with E-state index in [-0.39, 0.29) is 0 Å². The normalized spacial score (nSPS) is 9.62. The molecule has 0 spiro atoms. The van der Waals surface area contributed by atoms with Crippen molar-refractivity contribution in [2.45, 2.75) is 0 Å². The standard InChI is InChI=1S/C5H6BrGeN/c6-5-3-4(7)1-2-8-5/h1-3H,7H3. The summed E-state index contributed by atoms with van der Waals surface area (Å²) in [6.45, 7) is 0. The van der Waals surface area contributed by atoms with Gasteiger partial charge in [0.2, 0.25) is 0 Å². The van der Waals surface area contributed by atoms with Crippen LogP contribution in [0.4, 0.5) is 0 Å². The number of hydrogen-bond acceptors (Lipinski definition) is 1. The third-order valence-corrected chi connectivity index (χ3v) is 2.62. The Bertz CT molecular complexity index is 172. The fraction of sp³-hybridized carbons (Fsp3) is 0. The van der Waals surface area contributed by atoms with Crippen molar-refractivity contribution in [1.29, 1.82) is 0 Å². The molecule has 0 bridgehead atoms. The minimum absolute atomic E-state index is 0.776. The van der Waals surface area contributed by atoms with Crippen LogP contribution in [0.3, 0.4) is 0 Å². The zero-order chi connectivity index (χ0) is 5.98. The summed E-state index contributed by atoms with van der Waals surface area (Å²) in [7, 11) is 0. The first-order valence-corrected chi connectivity index (χ1v) is 5.26. The van der Waals surface area contributed by atoms with Gasteiger partial charge < -0.3 is 0 Å². The fourth-order valence-corrected chi connectivity index (χ4v) is 2.75. The van der Waals surface area contributed by atoms with Crippen LogP contribution < -0.4 is 4.40 Å². The van der Waals surface area contributed by atoms with E-state index < -0.39 is 0 Å². The molecule has 1 rings (SSSR count). The third kappa shape index (κ3) is 1.60. The van der Waals surface area contributed by atoms with Crippen LogP contribution in [0.2, 0.25) is 0 Å². The summed E-state index contributed by atoms with van der Waals surface area (Å²) in [4.78, 5) is 3.99.